The summed E-state index contributed by atoms with van der Waals surface area (Å²) in [4.78, 5) is 4.23. The summed E-state index contributed by atoms with van der Waals surface area (Å²) in [6.07, 6.45) is 2.03. The number of nitriles is 2. The van der Waals surface area contributed by atoms with E-state index in [1.165, 1.54) is 29.5 Å². The average Bonchev–Trinajstić information content (AvgIpc) is 2.54. The van der Waals surface area contributed by atoms with E-state index >= 15 is 0 Å². The van der Waals surface area contributed by atoms with Gasteiger partial charge in [0.15, 0.2) is 0 Å². The van der Waals surface area contributed by atoms with E-state index < -0.39 is 0 Å². The van der Waals surface area contributed by atoms with Gasteiger partial charge in [-0.25, -0.2) is 4.98 Å². The Morgan fingerprint density at radius 3 is 2.38 bits per heavy atom. The Morgan fingerprint density at radius 2 is 1.83 bits per heavy atom. The number of thioether (sulfide) groups is 1. The Morgan fingerprint density at radius 1 is 1.21 bits per heavy atom. The number of nitrogens with zero attached hydrogens (tertiary/aromatic N) is 3. The Kier molecular flexibility index (Phi) is 5.47. The van der Waals surface area contributed by atoms with Crippen molar-refractivity contribution < 1.29 is 5.11 Å². The van der Waals surface area contributed by atoms with Crippen LogP contribution in [-0.4, -0.2) is 15.8 Å². The Labute approximate surface area is 145 Å². The zero-order chi connectivity index (χ0) is 17.7. The minimum atomic E-state index is 0.0966. The number of hydrogen-bond acceptors (Lipinski definition) is 6. The molecular weight excluding hydrogens is 320 g/mol. The number of nitrogens with two attached hydrogens (primary N) is 1. The molecule has 0 radical (unpaired) electrons. The van der Waals surface area contributed by atoms with Gasteiger partial charge in [0.1, 0.15) is 34.3 Å². The molecule has 0 amide bonds. The lowest BCUT2D eigenvalue weighted by atomic mass is 9.97. The van der Waals surface area contributed by atoms with Gasteiger partial charge in [0.25, 0.3) is 0 Å². The highest BCUT2D eigenvalue weighted by atomic mass is 32.2. The van der Waals surface area contributed by atoms with E-state index in [1.54, 1.807) is 12.1 Å². The van der Waals surface area contributed by atoms with E-state index in [2.05, 4.69) is 11.1 Å². The van der Waals surface area contributed by atoms with Crippen molar-refractivity contribution in [3.8, 4) is 29.0 Å². The van der Waals surface area contributed by atoms with Gasteiger partial charge in [-0.1, -0.05) is 23.8 Å². The number of phenols is 1. The standard InChI is InChI=1S/C18H16N4OS/c1-11(2)7-8-24-18-15(10-20)16(14(9-19)17(21)22-18)12-3-5-13(23)6-4-12/h3-7,23H,8H2,1-2H3,(H2,21,22). The zero-order valence-corrected chi connectivity index (χ0v) is 14.2. The normalized spacial score (nSPS) is 9.83. The fourth-order valence-corrected chi connectivity index (χ4v) is 3.14. The highest BCUT2D eigenvalue weighted by Crippen LogP contribution is 2.36. The maximum Gasteiger partial charge on any atom is 0.143 e. The number of hydrogen-bond donors (Lipinski definition) is 2. The molecule has 1 heterocycles. The first-order valence-electron chi connectivity index (χ1n) is 7.17. The molecule has 2 rings (SSSR count). The van der Waals surface area contributed by atoms with Crippen molar-refractivity contribution >= 4 is 17.6 Å². The Balaban J connectivity index is 2.65. The quantitative estimate of drug-likeness (QED) is 0.649. The predicted molar refractivity (Wildman–Crippen MR) is 95.3 cm³/mol. The first-order valence-corrected chi connectivity index (χ1v) is 8.15. The van der Waals surface area contributed by atoms with Crippen molar-refractivity contribution in [1.29, 1.82) is 10.5 Å². The zero-order valence-electron chi connectivity index (χ0n) is 13.4. The molecule has 120 valence electrons. The van der Waals surface area contributed by atoms with Crippen LogP contribution in [0.1, 0.15) is 25.0 Å². The summed E-state index contributed by atoms with van der Waals surface area (Å²) in [7, 11) is 0. The summed E-state index contributed by atoms with van der Waals surface area (Å²) in [5.41, 5.74) is 8.68. The molecule has 1 aromatic carbocycles. The van der Waals surface area contributed by atoms with Gasteiger partial charge in [-0.3, -0.25) is 0 Å². The molecule has 0 saturated carbocycles. The van der Waals surface area contributed by atoms with E-state index in [4.69, 9.17) is 5.73 Å². The molecule has 0 bridgehead atoms. The predicted octanol–water partition coefficient (Wildman–Crippen LogP) is 3.84. The van der Waals surface area contributed by atoms with Gasteiger partial charge < -0.3 is 10.8 Å². The van der Waals surface area contributed by atoms with Crippen molar-refractivity contribution in [3.63, 3.8) is 0 Å². The number of nitrogen functional groups attached to an aromatic ring is 1. The third-order valence-corrected chi connectivity index (χ3v) is 4.19. The van der Waals surface area contributed by atoms with Crippen LogP contribution >= 0.6 is 11.8 Å². The van der Waals surface area contributed by atoms with Crippen LogP contribution in [0.4, 0.5) is 5.82 Å². The third-order valence-electron chi connectivity index (χ3n) is 3.28. The second kappa shape index (κ2) is 7.54. The lowest BCUT2D eigenvalue weighted by molar-refractivity contribution is 0.475. The molecule has 1 aromatic heterocycles. The van der Waals surface area contributed by atoms with Gasteiger partial charge in [-0.2, -0.15) is 10.5 Å². The van der Waals surface area contributed by atoms with Crippen LogP contribution in [0.5, 0.6) is 5.75 Å². The lowest BCUT2D eigenvalue weighted by Crippen LogP contribution is -2.03. The third kappa shape index (κ3) is 3.68. The molecule has 0 spiro atoms. The number of pyridine rings is 1. The maximum atomic E-state index is 9.62. The smallest absolute Gasteiger partial charge is 0.143 e. The van der Waals surface area contributed by atoms with Gasteiger partial charge in [-0.05, 0) is 31.5 Å². The minimum Gasteiger partial charge on any atom is -0.508 e. The van der Waals surface area contributed by atoms with Crippen molar-refractivity contribution in [2.24, 2.45) is 0 Å². The number of aromatic hydroxyl groups is 1. The monoisotopic (exact) mass is 336 g/mol. The molecular formula is C18H16N4OS. The summed E-state index contributed by atoms with van der Waals surface area (Å²) >= 11 is 1.40. The fraction of sp³-hybridized carbons (Fsp3) is 0.167. The van der Waals surface area contributed by atoms with E-state index in [1.807, 2.05) is 26.0 Å². The van der Waals surface area contributed by atoms with Gasteiger partial charge in [0.2, 0.25) is 0 Å². The number of anilines is 1. The Bertz CT molecular complexity index is 870. The molecule has 0 aliphatic heterocycles. The number of rotatable bonds is 4. The largest absolute Gasteiger partial charge is 0.508 e. The van der Waals surface area contributed by atoms with Gasteiger partial charge in [0.05, 0.1) is 5.56 Å². The molecule has 3 N–H and O–H groups in total. The van der Waals surface area contributed by atoms with E-state index in [9.17, 15) is 15.6 Å². The van der Waals surface area contributed by atoms with Gasteiger partial charge >= 0.3 is 0 Å². The molecule has 6 heteroatoms. The molecule has 0 fully saturated rings. The number of benzene rings is 1. The van der Waals surface area contributed by atoms with Crippen LogP contribution in [0.15, 0.2) is 40.9 Å². The summed E-state index contributed by atoms with van der Waals surface area (Å²) in [5.74, 6) is 0.861. The lowest BCUT2D eigenvalue weighted by Gasteiger charge is -2.12. The molecule has 0 aliphatic carbocycles. The maximum absolute atomic E-state index is 9.62. The molecule has 24 heavy (non-hydrogen) atoms. The van der Waals surface area contributed by atoms with Crippen LogP contribution in [0.2, 0.25) is 0 Å². The van der Waals surface area contributed by atoms with E-state index in [0.717, 1.165) is 0 Å². The SMILES string of the molecule is CC(C)=CCSc1nc(N)c(C#N)c(-c2ccc(O)cc2)c1C#N. The number of phenolic OH excluding ortho intramolecular Hbond substituents is 1. The Hall–Kier alpha value is -2.96. The van der Waals surface area contributed by atoms with Crippen molar-refractivity contribution in [3.05, 3.63) is 47.0 Å². The molecule has 5 nitrogen and oxygen atoms in total. The molecule has 0 aliphatic rings. The van der Waals surface area contributed by atoms with Crippen LogP contribution in [0, 0.1) is 22.7 Å². The van der Waals surface area contributed by atoms with Gasteiger partial charge in [-0.15, -0.1) is 11.8 Å². The summed E-state index contributed by atoms with van der Waals surface area (Å²) in [5, 5.41) is 29.0. The first kappa shape index (κ1) is 17.4. The summed E-state index contributed by atoms with van der Waals surface area (Å²) in [6.45, 7) is 3.99. The average molecular weight is 336 g/mol. The second-order valence-corrected chi connectivity index (χ2v) is 6.30. The van der Waals surface area contributed by atoms with Gasteiger partial charge in [0, 0.05) is 11.3 Å². The van der Waals surface area contributed by atoms with E-state index in [0.29, 0.717) is 27.5 Å². The molecule has 0 saturated heterocycles. The van der Waals surface area contributed by atoms with Crippen molar-refractivity contribution in [2.75, 3.05) is 11.5 Å². The molecule has 0 unspecified atom stereocenters. The summed E-state index contributed by atoms with van der Waals surface area (Å²) in [6, 6.07) is 10.5. The van der Waals surface area contributed by atoms with Crippen LogP contribution in [0.25, 0.3) is 11.1 Å². The van der Waals surface area contributed by atoms with Crippen LogP contribution in [0.3, 0.4) is 0 Å². The number of allylic oxidation sites excluding steroid dienone is 1. The molecule has 0 atom stereocenters. The van der Waals surface area contributed by atoms with Crippen LogP contribution in [-0.2, 0) is 0 Å². The van der Waals surface area contributed by atoms with Crippen molar-refractivity contribution in [2.45, 2.75) is 18.9 Å². The highest BCUT2D eigenvalue weighted by Gasteiger charge is 2.20. The second-order valence-electron chi connectivity index (χ2n) is 5.29. The van der Waals surface area contributed by atoms with Crippen LogP contribution < -0.4 is 5.73 Å². The first-order chi connectivity index (χ1) is 11.5. The summed E-state index contributed by atoms with van der Waals surface area (Å²) < 4.78 is 0. The number of aromatic nitrogens is 1. The van der Waals surface area contributed by atoms with Crippen molar-refractivity contribution in [1.82, 2.24) is 4.98 Å². The van der Waals surface area contributed by atoms with E-state index in [-0.39, 0.29) is 17.1 Å². The highest BCUT2D eigenvalue weighted by molar-refractivity contribution is 7.99. The fourth-order valence-electron chi connectivity index (χ4n) is 2.11. The minimum absolute atomic E-state index is 0.0966. The topological polar surface area (TPSA) is 107 Å². The molecule has 2 aromatic rings.